The molecule has 0 fully saturated rings. The lowest BCUT2D eigenvalue weighted by Crippen LogP contribution is -2.41. The van der Waals surface area contributed by atoms with Crippen LogP contribution in [-0.4, -0.2) is 29.9 Å². The van der Waals surface area contributed by atoms with E-state index in [2.05, 4.69) is 20.9 Å². The van der Waals surface area contributed by atoms with Crippen LogP contribution in [-0.2, 0) is 16.1 Å². The van der Waals surface area contributed by atoms with E-state index >= 15 is 0 Å². The van der Waals surface area contributed by atoms with Gasteiger partial charge in [-0.2, -0.15) is 13.2 Å². The molecule has 240 valence electrons. The largest absolute Gasteiger partial charge is 0.490 e. The van der Waals surface area contributed by atoms with Crippen LogP contribution < -0.4 is 24.4 Å². The number of thiazole rings is 1. The molecule has 2 heterocycles. The number of carbonyl (C=O) groups is 1. The highest BCUT2D eigenvalue weighted by atomic mass is 79.9. The number of nitrogens with zero attached hydrogens (tertiary/aromatic N) is 2. The Hall–Kier alpha value is -3.94. The lowest BCUT2D eigenvalue weighted by molar-refractivity contribution is -0.140. The zero-order chi connectivity index (χ0) is 33.2. The number of hydrogen-bond acceptors (Lipinski definition) is 7. The Morgan fingerprint density at radius 2 is 1.80 bits per heavy atom. The average Bonchev–Trinajstić information content (AvgIpc) is 3.31. The Morgan fingerprint density at radius 3 is 2.46 bits per heavy atom. The summed E-state index contributed by atoms with van der Waals surface area (Å²) in [6.45, 7) is 3.20. The summed E-state index contributed by atoms with van der Waals surface area (Å²) < 4.78 is 75.4. The maximum Gasteiger partial charge on any atom is 0.434 e. The van der Waals surface area contributed by atoms with Crippen LogP contribution in [0, 0.1) is 5.82 Å². The highest BCUT2D eigenvalue weighted by Gasteiger charge is 2.45. The van der Waals surface area contributed by atoms with Crippen molar-refractivity contribution in [2.45, 2.75) is 32.7 Å². The molecule has 46 heavy (non-hydrogen) atoms. The minimum absolute atomic E-state index is 0.0405. The molecule has 0 spiro atoms. The number of ether oxygens (including phenoxy) is 3. The third kappa shape index (κ3) is 6.91. The maximum absolute atomic E-state index is 14.4. The van der Waals surface area contributed by atoms with Crippen LogP contribution in [0.4, 0.5) is 17.6 Å². The molecule has 1 aliphatic rings. The number of benzene rings is 3. The molecule has 1 aliphatic heterocycles. The van der Waals surface area contributed by atoms with E-state index in [1.807, 2.05) is 0 Å². The zero-order valence-corrected chi connectivity index (χ0v) is 27.3. The van der Waals surface area contributed by atoms with Crippen LogP contribution in [0.15, 0.2) is 86.2 Å². The number of aromatic nitrogens is 1. The van der Waals surface area contributed by atoms with E-state index in [0.717, 1.165) is 15.9 Å². The van der Waals surface area contributed by atoms with Crippen molar-refractivity contribution in [2.75, 3.05) is 13.2 Å². The molecule has 0 N–H and O–H groups in total. The van der Waals surface area contributed by atoms with Crippen LogP contribution in [0.5, 0.6) is 11.5 Å². The van der Waals surface area contributed by atoms with E-state index in [9.17, 15) is 27.2 Å². The van der Waals surface area contributed by atoms with Gasteiger partial charge in [0.25, 0.3) is 5.56 Å². The lowest BCUT2D eigenvalue weighted by atomic mass is 9.95. The number of alkyl halides is 3. The van der Waals surface area contributed by atoms with Crippen LogP contribution in [0.2, 0.25) is 5.02 Å². The summed E-state index contributed by atoms with van der Waals surface area (Å²) in [4.78, 5) is 30.4. The fraction of sp³-hybridized carbons (Fsp3) is 0.219. The van der Waals surface area contributed by atoms with Crippen LogP contribution >= 0.6 is 38.9 Å². The predicted octanol–water partition coefficient (Wildman–Crippen LogP) is 6.87. The first-order valence-corrected chi connectivity index (χ1v) is 15.8. The van der Waals surface area contributed by atoms with Gasteiger partial charge in [0.2, 0.25) is 0 Å². The van der Waals surface area contributed by atoms with Crippen LogP contribution in [0.1, 0.15) is 36.6 Å². The Bertz CT molecular complexity index is 2010. The van der Waals surface area contributed by atoms with Gasteiger partial charge in [-0.05, 0) is 77.3 Å². The van der Waals surface area contributed by atoms with Crippen molar-refractivity contribution in [2.24, 2.45) is 4.99 Å². The van der Waals surface area contributed by atoms with E-state index in [4.69, 9.17) is 25.8 Å². The van der Waals surface area contributed by atoms with E-state index in [-0.39, 0.29) is 40.5 Å². The summed E-state index contributed by atoms with van der Waals surface area (Å²) in [7, 11) is 0. The van der Waals surface area contributed by atoms with Crippen LogP contribution in [0.25, 0.3) is 6.08 Å². The van der Waals surface area contributed by atoms with Crippen molar-refractivity contribution in [3.05, 3.63) is 124 Å². The van der Waals surface area contributed by atoms with Crippen molar-refractivity contribution < 1.29 is 36.6 Å². The summed E-state index contributed by atoms with van der Waals surface area (Å²) in [6, 6.07) is 13.7. The standard InChI is InChI=1S/C32H24BrClF4N2O5S/c1-3-43-23-14-17(13-21(33)27(23)45-16-19-7-5-6-8-22(19)35)15-24-29(41)40-26(18-9-11-20(34)12-10-18)25(30(42)44-4-2)28(32(36,37)38)39-31(40)46-24/h5-15,26H,3-4,16H2,1-2H3/b24-15-/t26-/m0/s1. The van der Waals surface area contributed by atoms with Gasteiger partial charge in [0, 0.05) is 10.6 Å². The highest BCUT2D eigenvalue weighted by Crippen LogP contribution is 2.39. The number of halogens is 6. The molecular weight excluding hydrogens is 716 g/mol. The minimum atomic E-state index is -5.03. The molecule has 5 rings (SSSR count). The van der Waals surface area contributed by atoms with Gasteiger partial charge >= 0.3 is 12.1 Å². The highest BCUT2D eigenvalue weighted by molar-refractivity contribution is 9.10. The molecule has 4 aromatic rings. The number of carbonyl (C=O) groups excluding carboxylic acids is 1. The van der Waals surface area contributed by atoms with Crippen LogP contribution in [0.3, 0.4) is 0 Å². The number of allylic oxidation sites excluding steroid dienone is 1. The molecule has 0 radical (unpaired) electrons. The second kappa shape index (κ2) is 13.8. The zero-order valence-electron chi connectivity index (χ0n) is 24.2. The Kier molecular flexibility index (Phi) is 10.0. The summed E-state index contributed by atoms with van der Waals surface area (Å²) >= 11 is 10.2. The second-order valence-corrected chi connectivity index (χ2v) is 12.1. The number of hydrogen-bond donors (Lipinski definition) is 0. The van der Waals surface area contributed by atoms with Gasteiger partial charge in [-0.25, -0.2) is 14.2 Å². The quantitative estimate of drug-likeness (QED) is 0.138. The second-order valence-electron chi connectivity index (χ2n) is 9.76. The van der Waals surface area contributed by atoms with Crippen molar-refractivity contribution in [1.82, 2.24) is 4.57 Å². The molecule has 1 aromatic heterocycles. The summed E-state index contributed by atoms with van der Waals surface area (Å²) in [5, 5.41) is 0.311. The molecule has 0 bridgehead atoms. The van der Waals surface area contributed by atoms with Crippen molar-refractivity contribution >= 4 is 50.9 Å². The van der Waals surface area contributed by atoms with Gasteiger partial charge in [-0.15, -0.1) is 0 Å². The smallest absolute Gasteiger partial charge is 0.434 e. The minimum Gasteiger partial charge on any atom is -0.490 e. The topological polar surface area (TPSA) is 79.1 Å². The van der Waals surface area contributed by atoms with Gasteiger partial charge in [-0.1, -0.05) is 53.3 Å². The number of fused-ring (bicyclic) bond motifs is 1. The third-order valence-corrected chi connectivity index (χ3v) is 8.56. The fourth-order valence-electron chi connectivity index (χ4n) is 4.79. The summed E-state index contributed by atoms with van der Waals surface area (Å²) in [6.07, 6.45) is -3.56. The Balaban J connectivity index is 1.65. The third-order valence-electron chi connectivity index (χ3n) is 6.74. The first-order valence-electron chi connectivity index (χ1n) is 13.8. The SMILES string of the molecule is CCOC(=O)C1=C(C(F)(F)F)N=c2s/c(=C\c3cc(Br)c(OCc4ccccc4F)c(OCC)c3)c(=O)n2[C@H]1c1ccc(Cl)cc1. The van der Waals surface area contributed by atoms with Gasteiger partial charge in [-0.3, -0.25) is 9.36 Å². The summed E-state index contributed by atoms with van der Waals surface area (Å²) in [5.74, 6) is -1.10. The van der Waals surface area contributed by atoms with Gasteiger partial charge in [0.05, 0.1) is 33.8 Å². The van der Waals surface area contributed by atoms with E-state index in [1.165, 1.54) is 43.3 Å². The molecular formula is C32H24BrClF4N2O5S. The fourth-order valence-corrected chi connectivity index (χ4v) is 6.49. The molecule has 0 unspecified atom stereocenters. The lowest BCUT2D eigenvalue weighted by Gasteiger charge is -2.26. The van der Waals surface area contributed by atoms with E-state index < -0.39 is 40.8 Å². The first kappa shape index (κ1) is 33.4. The average molecular weight is 740 g/mol. The predicted molar refractivity (Wildman–Crippen MR) is 168 cm³/mol. The molecule has 14 heteroatoms. The monoisotopic (exact) mass is 738 g/mol. The van der Waals surface area contributed by atoms with Crippen molar-refractivity contribution in [1.29, 1.82) is 0 Å². The van der Waals surface area contributed by atoms with Crippen molar-refractivity contribution in [3.63, 3.8) is 0 Å². The first-order chi connectivity index (χ1) is 21.9. The molecule has 0 saturated heterocycles. The molecule has 1 atom stereocenters. The van der Waals surface area contributed by atoms with Gasteiger partial charge < -0.3 is 14.2 Å². The molecule has 7 nitrogen and oxygen atoms in total. The normalized spacial score (nSPS) is 15.0. The molecule has 0 aliphatic carbocycles. The molecule has 0 amide bonds. The number of rotatable bonds is 9. The maximum atomic E-state index is 14.4. The Labute approximate surface area is 277 Å². The van der Waals surface area contributed by atoms with Crippen molar-refractivity contribution in [3.8, 4) is 11.5 Å². The summed E-state index contributed by atoms with van der Waals surface area (Å²) in [5.41, 5.74) is -1.96. The van der Waals surface area contributed by atoms with Gasteiger partial charge in [0.1, 0.15) is 12.4 Å². The van der Waals surface area contributed by atoms with E-state index in [0.29, 0.717) is 26.4 Å². The van der Waals surface area contributed by atoms with Gasteiger partial charge in [0.15, 0.2) is 22.0 Å². The Morgan fingerprint density at radius 1 is 1.09 bits per heavy atom. The number of esters is 1. The van der Waals surface area contributed by atoms with E-state index in [1.54, 1.807) is 37.3 Å². The molecule has 0 saturated carbocycles. The molecule has 3 aromatic carbocycles.